The predicted molar refractivity (Wildman–Crippen MR) is 77.0 cm³/mol. The molecule has 0 unspecified atom stereocenters. The van der Waals surface area contributed by atoms with E-state index in [0.717, 1.165) is 25.9 Å². The Morgan fingerprint density at radius 2 is 2.06 bits per heavy atom. The number of hydrogen-bond donors (Lipinski definition) is 2. The van der Waals surface area contributed by atoms with E-state index < -0.39 is 0 Å². The van der Waals surface area contributed by atoms with E-state index in [1.54, 1.807) is 18.9 Å². The summed E-state index contributed by atoms with van der Waals surface area (Å²) < 4.78 is 5.35. The van der Waals surface area contributed by atoms with Gasteiger partial charge in [0.1, 0.15) is 0 Å². The van der Waals surface area contributed by atoms with Crippen molar-refractivity contribution in [3.05, 3.63) is 0 Å². The molecule has 0 aromatic carbocycles. The van der Waals surface area contributed by atoms with Crippen molar-refractivity contribution in [3.63, 3.8) is 0 Å². The van der Waals surface area contributed by atoms with E-state index in [-0.39, 0.29) is 16.1 Å². The van der Waals surface area contributed by atoms with Crippen LogP contribution in [0.3, 0.4) is 0 Å². The highest BCUT2D eigenvalue weighted by Gasteiger charge is 2.39. The van der Waals surface area contributed by atoms with E-state index in [9.17, 15) is 4.79 Å². The molecule has 0 aromatic rings. The Morgan fingerprint density at radius 1 is 1.44 bits per heavy atom. The summed E-state index contributed by atoms with van der Waals surface area (Å²) in [6.07, 6.45) is 3.78. The van der Waals surface area contributed by atoms with Crippen molar-refractivity contribution in [2.45, 2.75) is 31.4 Å². The van der Waals surface area contributed by atoms with Crippen LogP contribution in [0, 0.1) is 5.41 Å². The van der Waals surface area contributed by atoms with Crippen LogP contribution in [0.2, 0.25) is 0 Å². The second-order valence-electron chi connectivity index (χ2n) is 5.61. The SMILES string of the molecule is COCC1(C(=O)NCC(C)(C)SC)CCNCC1. The van der Waals surface area contributed by atoms with Crippen LogP contribution in [0.4, 0.5) is 0 Å². The molecule has 1 rings (SSSR count). The molecule has 0 radical (unpaired) electrons. The van der Waals surface area contributed by atoms with E-state index in [1.807, 2.05) is 0 Å². The molecule has 0 aromatic heterocycles. The van der Waals surface area contributed by atoms with Gasteiger partial charge in [0.2, 0.25) is 5.91 Å². The number of nitrogens with one attached hydrogen (secondary N) is 2. The zero-order chi connectivity index (χ0) is 13.6. The Balaban J connectivity index is 2.60. The van der Waals surface area contributed by atoms with Crippen LogP contribution in [-0.4, -0.2) is 50.3 Å². The molecule has 18 heavy (non-hydrogen) atoms. The lowest BCUT2D eigenvalue weighted by molar-refractivity contribution is -0.136. The molecule has 0 saturated carbocycles. The summed E-state index contributed by atoms with van der Waals surface area (Å²) in [5.74, 6) is 0.146. The third kappa shape index (κ3) is 4.14. The second-order valence-corrected chi connectivity index (χ2v) is 7.12. The summed E-state index contributed by atoms with van der Waals surface area (Å²) in [6.45, 7) is 7.28. The van der Waals surface area contributed by atoms with Gasteiger partial charge in [-0.15, -0.1) is 0 Å². The van der Waals surface area contributed by atoms with E-state index >= 15 is 0 Å². The van der Waals surface area contributed by atoms with Gasteiger partial charge in [0, 0.05) is 18.4 Å². The third-order valence-corrected chi connectivity index (χ3v) is 4.94. The van der Waals surface area contributed by atoms with Crippen LogP contribution in [0.5, 0.6) is 0 Å². The molecule has 1 aliphatic rings. The Kier molecular flexibility index (Phi) is 5.95. The van der Waals surface area contributed by atoms with Gasteiger partial charge in [-0.05, 0) is 46.0 Å². The fourth-order valence-electron chi connectivity index (χ4n) is 2.17. The van der Waals surface area contributed by atoms with Crippen molar-refractivity contribution < 1.29 is 9.53 Å². The number of ether oxygens (including phenoxy) is 1. The Morgan fingerprint density at radius 3 is 2.56 bits per heavy atom. The standard InChI is InChI=1S/C13H26N2O2S/c1-12(2,18-4)9-15-11(16)13(10-17-3)5-7-14-8-6-13/h14H,5-10H2,1-4H3,(H,15,16). The van der Waals surface area contributed by atoms with Gasteiger partial charge in [-0.1, -0.05) is 0 Å². The van der Waals surface area contributed by atoms with Gasteiger partial charge in [0.25, 0.3) is 0 Å². The number of thioether (sulfide) groups is 1. The fraction of sp³-hybridized carbons (Fsp3) is 0.923. The maximum atomic E-state index is 12.4. The topological polar surface area (TPSA) is 50.4 Å². The first kappa shape index (κ1) is 15.8. The monoisotopic (exact) mass is 274 g/mol. The lowest BCUT2D eigenvalue weighted by atomic mass is 9.78. The van der Waals surface area contributed by atoms with Crippen LogP contribution < -0.4 is 10.6 Å². The molecule has 4 nitrogen and oxygen atoms in total. The molecule has 2 N–H and O–H groups in total. The lowest BCUT2D eigenvalue weighted by Gasteiger charge is -2.36. The Bertz CT molecular complexity index is 271. The Hall–Kier alpha value is -0.260. The van der Waals surface area contributed by atoms with Gasteiger partial charge in [-0.3, -0.25) is 4.79 Å². The summed E-state index contributed by atoms with van der Waals surface area (Å²) in [7, 11) is 1.67. The molecule has 1 heterocycles. The van der Waals surface area contributed by atoms with Crippen molar-refractivity contribution in [2.24, 2.45) is 5.41 Å². The van der Waals surface area contributed by atoms with Crippen LogP contribution >= 0.6 is 11.8 Å². The van der Waals surface area contributed by atoms with Gasteiger partial charge >= 0.3 is 0 Å². The molecule has 5 heteroatoms. The minimum Gasteiger partial charge on any atom is -0.384 e. The van der Waals surface area contributed by atoms with Crippen molar-refractivity contribution in [1.82, 2.24) is 10.6 Å². The number of hydrogen-bond acceptors (Lipinski definition) is 4. The summed E-state index contributed by atoms with van der Waals surface area (Å²) in [4.78, 5) is 12.4. The van der Waals surface area contributed by atoms with E-state index in [0.29, 0.717) is 13.2 Å². The number of carbonyl (C=O) groups is 1. The van der Waals surface area contributed by atoms with Gasteiger partial charge in [0.15, 0.2) is 0 Å². The quantitative estimate of drug-likeness (QED) is 0.765. The molecule has 1 saturated heterocycles. The predicted octanol–water partition coefficient (Wildman–Crippen LogP) is 1.26. The molecular formula is C13H26N2O2S. The van der Waals surface area contributed by atoms with E-state index in [1.165, 1.54) is 0 Å². The normalized spacial score (nSPS) is 19.6. The molecule has 1 amide bonds. The maximum absolute atomic E-state index is 12.4. The first-order chi connectivity index (χ1) is 8.46. The van der Waals surface area contributed by atoms with Crippen LogP contribution in [0.15, 0.2) is 0 Å². The van der Waals surface area contributed by atoms with Gasteiger partial charge in [-0.25, -0.2) is 0 Å². The average Bonchev–Trinajstić information content (AvgIpc) is 2.37. The highest BCUT2D eigenvalue weighted by molar-refractivity contribution is 7.99. The highest BCUT2D eigenvalue weighted by atomic mass is 32.2. The minimum atomic E-state index is -0.339. The number of carbonyl (C=O) groups excluding carboxylic acids is 1. The molecular weight excluding hydrogens is 248 g/mol. The molecule has 0 spiro atoms. The first-order valence-electron chi connectivity index (χ1n) is 6.49. The highest BCUT2D eigenvalue weighted by Crippen LogP contribution is 2.30. The van der Waals surface area contributed by atoms with E-state index in [4.69, 9.17) is 4.74 Å². The smallest absolute Gasteiger partial charge is 0.228 e. The first-order valence-corrected chi connectivity index (χ1v) is 7.71. The summed E-state index contributed by atoms with van der Waals surface area (Å²) >= 11 is 1.77. The Labute approximate surface area is 115 Å². The van der Waals surface area contributed by atoms with Crippen LogP contribution in [-0.2, 0) is 9.53 Å². The van der Waals surface area contributed by atoms with Crippen molar-refractivity contribution >= 4 is 17.7 Å². The zero-order valence-electron chi connectivity index (χ0n) is 12.0. The molecule has 0 bridgehead atoms. The summed E-state index contributed by atoms with van der Waals surface area (Å²) in [5.41, 5.74) is -0.339. The van der Waals surface area contributed by atoms with Gasteiger partial charge in [-0.2, -0.15) is 11.8 Å². The number of piperidine rings is 1. The number of amides is 1. The molecule has 0 aliphatic carbocycles. The molecule has 106 valence electrons. The molecule has 1 aliphatic heterocycles. The maximum Gasteiger partial charge on any atom is 0.228 e. The largest absolute Gasteiger partial charge is 0.384 e. The van der Waals surface area contributed by atoms with Crippen LogP contribution in [0.25, 0.3) is 0 Å². The number of rotatable bonds is 6. The van der Waals surface area contributed by atoms with Gasteiger partial charge in [0.05, 0.1) is 12.0 Å². The van der Waals surface area contributed by atoms with Crippen molar-refractivity contribution in [1.29, 1.82) is 0 Å². The van der Waals surface area contributed by atoms with Crippen LogP contribution in [0.1, 0.15) is 26.7 Å². The van der Waals surface area contributed by atoms with E-state index in [2.05, 4.69) is 30.7 Å². The lowest BCUT2D eigenvalue weighted by Crippen LogP contribution is -2.52. The van der Waals surface area contributed by atoms with Gasteiger partial charge < -0.3 is 15.4 Å². The fourth-order valence-corrected chi connectivity index (χ4v) is 2.39. The summed E-state index contributed by atoms with van der Waals surface area (Å²) in [5, 5.41) is 6.40. The molecule has 0 atom stereocenters. The summed E-state index contributed by atoms with van der Waals surface area (Å²) in [6, 6.07) is 0. The van der Waals surface area contributed by atoms with Crippen molar-refractivity contribution in [3.8, 4) is 0 Å². The second kappa shape index (κ2) is 6.78. The average molecular weight is 274 g/mol. The third-order valence-electron chi connectivity index (χ3n) is 3.69. The number of methoxy groups -OCH3 is 1. The van der Waals surface area contributed by atoms with Crippen molar-refractivity contribution in [2.75, 3.05) is 39.6 Å². The zero-order valence-corrected chi connectivity index (χ0v) is 12.8. The molecule has 1 fully saturated rings. The minimum absolute atomic E-state index is 0.0802.